The summed E-state index contributed by atoms with van der Waals surface area (Å²) in [5.74, 6) is 0.319. The largest absolute Gasteiger partial charge is 0.492 e. The standard InChI is InChI=1S/C16H14N2O2S/c1-2-11-7-10(8-17)16(21-11)18-15(19)13-9-20-14-6-4-3-5-12(13)14/h3-7,13H,2,9H2,1H3,(H,18,19)/t13-/m1/s1. The molecule has 1 amide bonds. The molecular formula is C16H14N2O2S. The van der Waals surface area contributed by atoms with E-state index >= 15 is 0 Å². The Bertz CT molecular complexity index is 730. The Hall–Kier alpha value is -2.32. The van der Waals surface area contributed by atoms with Crippen LogP contribution >= 0.6 is 11.3 Å². The molecule has 3 rings (SSSR count). The van der Waals surface area contributed by atoms with Crippen molar-refractivity contribution in [2.24, 2.45) is 0 Å². The molecule has 4 nitrogen and oxygen atoms in total. The third-order valence-electron chi connectivity index (χ3n) is 3.51. The molecule has 1 aliphatic heterocycles. The Labute approximate surface area is 127 Å². The van der Waals surface area contributed by atoms with Crippen molar-refractivity contribution >= 4 is 22.2 Å². The van der Waals surface area contributed by atoms with Gasteiger partial charge in [0.2, 0.25) is 5.91 Å². The van der Waals surface area contributed by atoms with Gasteiger partial charge >= 0.3 is 0 Å². The van der Waals surface area contributed by atoms with Crippen LogP contribution in [0.2, 0.25) is 0 Å². The number of amides is 1. The average Bonchev–Trinajstić information content (AvgIpc) is 3.10. The van der Waals surface area contributed by atoms with E-state index in [0.717, 1.165) is 22.6 Å². The van der Waals surface area contributed by atoms with Crippen LogP contribution in [-0.4, -0.2) is 12.5 Å². The summed E-state index contributed by atoms with van der Waals surface area (Å²) in [6.45, 7) is 2.37. The summed E-state index contributed by atoms with van der Waals surface area (Å²) in [6.07, 6.45) is 0.852. The van der Waals surface area contributed by atoms with E-state index in [9.17, 15) is 4.79 Å². The number of benzene rings is 1. The third-order valence-corrected chi connectivity index (χ3v) is 4.70. The quantitative estimate of drug-likeness (QED) is 0.945. The molecule has 21 heavy (non-hydrogen) atoms. The first kappa shape index (κ1) is 13.7. The molecule has 2 heterocycles. The summed E-state index contributed by atoms with van der Waals surface area (Å²) in [5, 5.41) is 12.6. The van der Waals surface area contributed by atoms with Gasteiger partial charge in [0.25, 0.3) is 0 Å². The van der Waals surface area contributed by atoms with E-state index < -0.39 is 0 Å². The fraction of sp³-hybridized carbons (Fsp3) is 0.250. The molecule has 0 saturated heterocycles. The fourth-order valence-corrected chi connectivity index (χ4v) is 3.32. The van der Waals surface area contributed by atoms with E-state index in [1.807, 2.05) is 37.3 Å². The number of carbonyl (C=O) groups excluding carboxylic acids is 1. The molecule has 2 aromatic rings. The highest BCUT2D eigenvalue weighted by atomic mass is 32.1. The second-order valence-corrected chi connectivity index (χ2v) is 5.95. The normalized spacial score (nSPS) is 15.9. The highest BCUT2D eigenvalue weighted by Gasteiger charge is 2.30. The predicted octanol–water partition coefficient (Wildman–Crippen LogP) is 3.30. The van der Waals surface area contributed by atoms with Crippen molar-refractivity contribution in [2.45, 2.75) is 19.3 Å². The predicted molar refractivity (Wildman–Crippen MR) is 81.7 cm³/mol. The zero-order valence-electron chi connectivity index (χ0n) is 11.6. The van der Waals surface area contributed by atoms with Crippen molar-refractivity contribution in [2.75, 3.05) is 11.9 Å². The zero-order valence-corrected chi connectivity index (χ0v) is 12.4. The van der Waals surface area contributed by atoms with Gasteiger partial charge in [-0.15, -0.1) is 11.3 Å². The smallest absolute Gasteiger partial charge is 0.236 e. The summed E-state index contributed by atoms with van der Waals surface area (Å²) in [7, 11) is 0. The summed E-state index contributed by atoms with van der Waals surface area (Å²) >= 11 is 1.46. The maximum atomic E-state index is 12.4. The van der Waals surface area contributed by atoms with Gasteiger partial charge in [-0.05, 0) is 18.6 Å². The van der Waals surface area contributed by atoms with Crippen LogP contribution < -0.4 is 10.1 Å². The monoisotopic (exact) mass is 298 g/mol. The number of thiophene rings is 1. The number of para-hydroxylation sites is 1. The lowest BCUT2D eigenvalue weighted by molar-refractivity contribution is -0.117. The lowest BCUT2D eigenvalue weighted by atomic mass is 10.0. The first-order valence-corrected chi connectivity index (χ1v) is 7.60. The molecule has 1 N–H and O–H groups in total. The summed E-state index contributed by atoms with van der Waals surface area (Å²) in [4.78, 5) is 13.5. The Morgan fingerprint density at radius 1 is 1.52 bits per heavy atom. The number of ether oxygens (including phenoxy) is 1. The molecule has 5 heteroatoms. The summed E-state index contributed by atoms with van der Waals surface area (Å²) in [6, 6.07) is 11.5. The summed E-state index contributed by atoms with van der Waals surface area (Å²) < 4.78 is 5.53. The lowest BCUT2D eigenvalue weighted by Crippen LogP contribution is -2.22. The Morgan fingerprint density at radius 3 is 3.10 bits per heavy atom. The Kier molecular flexibility index (Phi) is 3.63. The van der Waals surface area contributed by atoms with E-state index in [1.165, 1.54) is 11.3 Å². The SMILES string of the molecule is CCc1cc(C#N)c(NC(=O)[C@@H]2COc3ccccc32)s1. The van der Waals surface area contributed by atoms with Gasteiger partial charge in [0.1, 0.15) is 29.3 Å². The minimum absolute atomic E-state index is 0.124. The number of fused-ring (bicyclic) bond motifs is 1. The van der Waals surface area contributed by atoms with Crippen LogP contribution in [0.1, 0.15) is 28.8 Å². The molecule has 0 spiro atoms. The van der Waals surface area contributed by atoms with Crippen LogP contribution in [0.15, 0.2) is 30.3 Å². The second kappa shape index (κ2) is 5.58. The van der Waals surface area contributed by atoms with Crippen molar-refractivity contribution < 1.29 is 9.53 Å². The average molecular weight is 298 g/mol. The van der Waals surface area contributed by atoms with Gasteiger partial charge in [-0.3, -0.25) is 4.79 Å². The number of aryl methyl sites for hydroxylation is 1. The highest BCUT2D eigenvalue weighted by molar-refractivity contribution is 7.16. The van der Waals surface area contributed by atoms with E-state index in [2.05, 4.69) is 11.4 Å². The molecule has 0 bridgehead atoms. The number of rotatable bonds is 3. The van der Waals surface area contributed by atoms with Crippen LogP contribution in [0.4, 0.5) is 5.00 Å². The first-order chi connectivity index (χ1) is 10.2. The number of anilines is 1. The first-order valence-electron chi connectivity index (χ1n) is 6.78. The molecule has 1 aromatic heterocycles. The Morgan fingerprint density at radius 2 is 2.33 bits per heavy atom. The van der Waals surface area contributed by atoms with Crippen molar-refractivity contribution in [3.8, 4) is 11.8 Å². The van der Waals surface area contributed by atoms with E-state index in [1.54, 1.807) is 0 Å². The van der Waals surface area contributed by atoms with E-state index in [0.29, 0.717) is 17.2 Å². The van der Waals surface area contributed by atoms with E-state index in [-0.39, 0.29) is 11.8 Å². The summed E-state index contributed by atoms with van der Waals surface area (Å²) in [5.41, 5.74) is 1.43. The molecular weight excluding hydrogens is 284 g/mol. The minimum atomic E-state index is -0.320. The van der Waals surface area contributed by atoms with Gasteiger partial charge in [-0.1, -0.05) is 25.1 Å². The number of hydrogen-bond acceptors (Lipinski definition) is 4. The highest BCUT2D eigenvalue weighted by Crippen LogP contribution is 2.35. The van der Waals surface area contributed by atoms with Crippen LogP contribution in [0.5, 0.6) is 5.75 Å². The van der Waals surface area contributed by atoms with Gasteiger partial charge in [-0.2, -0.15) is 5.26 Å². The van der Waals surface area contributed by atoms with Crippen molar-refractivity contribution in [3.63, 3.8) is 0 Å². The topological polar surface area (TPSA) is 62.1 Å². The fourth-order valence-electron chi connectivity index (χ4n) is 2.37. The molecule has 0 fully saturated rings. The van der Waals surface area contributed by atoms with Gasteiger partial charge in [0.05, 0.1) is 5.56 Å². The van der Waals surface area contributed by atoms with Gasteiger partial charge in [0, 0.05) is 10.4 Å². The van der Waals surface area contributed by atoms with Crippen molar-refractivity contribution in [1.82, 2.24) is 0 Å². The Balaban J connectivity index is 1.82. The second-order valence-electron chi connectivity index (χ2n) is 4.81. The maximum Gasteiger partial charge on any atom is 0.236 e. The maximum absolute atomic E-state index is 12.4. The number of carbonyl (C=O) groups is 1. The van der Waals surface area contributed by atoms with Crippen LogP contribution in [0, 0.1) is 11.3 Å². The number of hydrogen-bond donors (Lipinski definition) is 1. The van der Waals surface area contributed by atoms with Crippen LogP contribution in [0.25, 0.3) is 0 Å². The van der Waals surface area contributed by atoms with Crippen LogP contribution in [-0.2, 0) is 11.2 Å². The lowest BCUT2D eigenvalue weighted by Gasteiger charge is -2.09. The molecule has 1 aromatic carbocycles. The van der Waals surface area contributed by atoms with Gasteiger partial charge in [0.15, 0.2) is 0 Å². The molecule has 1 aliphatic rings. The van der Waals surface area contributed by atoms with Crippen molar-refractivity contribution in [3.05, 3.63) is 46.3 Å². The molecule has 0 saturated carbocycles. The number of nitrogens with zero attached hydrogens (tertiary/aromatic N) is 1. The number of nitrogens with one attached hydrogen (secondary N) is 1. The molecule has 0 aliphatic carbocycles. The molecule has 0 unspecified atom stereocenters. The van der Waals surface area contributed by atoms with Gasteiger partial charge in [-0.25, -0.2) is 0 Å². The third kappa shape index (κ3) is 2.50. The van der Waals surface area contributed by atoms with E-state index in [4.69, 9.17) is 10.00 Å². The van der Waals surface area contributed by atoms with Gasteiger partial charge < -0.3 is 10.1 Å². The molecule has 106 valence electrons. The van der Waals surface area contributed by atoms with Crippen LogP contribution in [0.3, 0.4) is 0 Å². The molecule has 0 radical (unpaired) electrons. The molecule has 1 atom stereocenters. The number of nitriles is 1. The minimum Gasteiger partial charge on any atom is -0.492 e. The zero-order chi connectivity index (χ0) is 14.8. The van der Waals surface area contributed by atoms with Crippen molar-refractivity contribution in [1.29, 1.82) is 5.26 Å².